The van der Waals surface area contributed by atoms with Gasteiger partial charge in [0.25, 0.3) is 5.69 Å². The lowest BCUT2D eigenvalue weighted by molar-refractivity contribution is -0.385. The minimum absolute atomic E-state index is 0.0738. The number of aromatic nitrogens is 1. The van der Waals surface area contributed by atoms with Crippen LogP contribution in [0, 0.1) is 17.0 Å². The fourth-order valence-corrected chi connectivity index (χ4v) is 1.91. The number of aryl methyl sites for hydroxylation is 1. The number of rotatable bonds is 5. The average molecular weight is 287 g/mol. The summed E-state index contributed by atoms with van der Waals surface area (Å²) in [5, 5.41) is 10.8. The van der Waals surface area contributed by atoms with Gasteiger partial charge in [0, 0.05) is 17.7 Å². The smallest absolute Gasteiger partial charge is 0.272 e. The Bertz CT molecular complexity index is 641. The van der Waals surface area contributed by atoms with Crippen molar-refractivity contribution in [3.8, 4) is 11.5 Å². The summed E-state index contributed by atoms with van der Waals surface area (Å²) in [6.45, 7) is 3.67. The van der Waals surface area contributed by atoms with Crippen LogP contribution in [0.25, 0.3) is 0 Å². The van der Waals surface area contributed by atoms with Crippen molar-refractivity contribution in [2.75, 3.05) is 0 Å². The molecule has 1 heterocycles. The van der Waals surface area contributed by atoms with Gasteiger partial charge in [0.05, 0.1) is 16.8 Å². The van der Waals surface area contributed by atoms with E-state index in [1.165, 1.54) is 6.07 Å². The average Bonchev–Trinajstić information content (AvgIpc) is 2.47. The highest BCUT2D eigenvalue weighted by atomic mass is 16.6. The van der Waals surface area contributed by atoms with E-state index in [2.05, 4.69) is 4.98 Å². The van der Waals surface area contributed by atoms with Gasteiger partial charge in [-0.1, -0.05) is 6.92 Å². The zero-order chi connectivity index (χ0) is 15.4. The molecule has 21 heavy (non-hydrogen) atoms. The number of nitrogens with zero attached hydrogens (tertiary/aromatic N) is 2. The highest BCUT2D eigenvalue weighted by molar-refractivity contribution is 5.45. The van der Waals surface area contributed by atoms with Gasteiger partial charge in [-0.15, -0.1) is 0 Å². The first-order valence-corrected chi connectivity index (χ1v) is 6.65. The Morgan fingerprint density at radius 2 is 2.05 bits per heavy atom. The fraction of sp³-hybridized carbons (Fsp3) is 0.267. The Labute approximate surface area is 122 Å². The molecule has 6 heteroatoms. The van der Waals surface area contributed by atoms with Gasteiger partial charge in [-0.25, -0.2) is 0 Å². The van der Waals surface area contributed by atoms with E-state index in [1.807, 2.05) is 13.0 Å². The zero-order valence-corrected chi connectivity index (χ0v) is 11.9. The normalized spacial score (nSPS) is 12.0. The minimum Gasteiger partial charge on any atom is -0.456 e. The second-order valence-corrected chi connectivity index (χ2v) is 4.74. The van der Waals surface area contributed by atoms with Crippen LogP contribution < -0.4 is 10.5 Å². The molecule has 2 aromatic rings. The molecule has 0 unspecified atom stereocenters. The molecule has 1 aromatic carbocycles. The van der Waals surface area contributed by atoms with E-state index < -0.39 is 4.92 Å². The maximum absolute atomic E-state index is 10.8. The molecule has 6 nitrogen and oxygen atoms in total. The lowest BCUT2D eigenvalue weighted by atomic mass is 10.1. The monoisotopic (exact) mass is 287 g/mol. The Morgan fingerprint density at radius 1 is 1.33 bits per heavy atom. The van der Waals surface area contributed by atoms with E-state index >= 15 is 0 Å². The van der Waals surface area contributed by atoms with Crippen LogP contribution in [-0.4, -0.2) is 9.91 Å². The van der Waals surface area contributed by atoms with Crippen molar-refractivity contribution in [1.29, 1.82) is 0 Å². The Kier molecular flexibility index (Phi) is 4.49. The van der Waals surface area contributed by atoms with E-state index in [0.717, 1.165) is 12.1 Å². The summed E-state index contributed by atoms with van der Waals surface area (Å²) in [5.74, 6) is 1.10. The van der Waals surface area contributed by atoms with Crippen LogP contribution in [0.2, 0.25) is 0 Å². The maximum atomic E-state index is 10.8. The Morgan fingerprint density at radius 3 is 2.57 bits per heavy atom. The third-order valence-electron chi connectivity index (χ3n) is 3.18. The van der Waals surface area contributed by atoms with Gasteiger partial charge in [-0.3, -0.25) is 15.1 Å². The quantitative estimate of drug-likeness (QED) is 0.671. The molecule has 0 bridgehead atoms. The molecular weight excluding hydrogens is 270 g/mol. The summed E-state index contributed by atoms with van der Waals surface area (Å²) in [6, 6.07) is 8.15. The van der Waals surface area contributed by atoms with Crippen LogP contribution in [0.15, 0.2) is 36.5 Å². The topological polar surface area (TPSA) is 91.3 Å². The number of hydrogen-bond donors (Lipinski definition) is 1. The number of benzene rings is 1. The number of nitrogens with two attached hydrogens (primary N) is 1. The van der Waals surface area contributed by atoms with Gasteiger partial charge in [0.2, 0.25) is 0 Å². The van der Waals surface area contributed by atoms with Gasteiger partial charge >= 0.3 is 0 Å². The van der Waals surface area contributed by atoms with E-state index in [4.69, 9.17) is 10.5 Å². The summed E-state index contributed by atoms with van der Waals surface area (Å²) in [7, 11) is 0. The predicted molar refractivity (Wildman–Crippen MR) is 79.4 cm³/mol. The summed E-state index contributed by atoms with van der Waals surface area (Å²) in [6.07, 6.45) is 2.41. The van der Waals surface area contributed by atoms with Crippen molar-refractivity contribution < 1.29 is 9.66 Å². The highest BCUT2D eigenvalue weighted by Gasteiger charge is 2.11. The van der Waals surface area contributed by atoms with Crippen molar-refractivity contribution in [3.05, 3.63) is 57.9 Å². The van der Waals surface area contributed by atoms with Crippen LogP contribution >= 0.6 is 0 Å². The fourth-order valence-electron chi connectivity index (χ4n) is 1.91. The molecule has 0 aliphatic heterocycles. The molecule has 0 saturated carbocycles. The van der Waals surface area contributed by atoms with Gasteiger partial charge in [0.15, 0.2) is 0 Å². The largest absolute Gasteiger partial charge is 0.456 e. The molecule has 0 spiro atoms. The molecule has 0 radical (unpaired) electrons. The number of hydrogen-bond acceptors (Lipinski definition) is 5. The van der Waals surface area contributed by atoms with Crippen molar-refractivity contribution in [3.63, 3.8) is 0 Å². The second kappa shape index (κ2) is 6.32. The molecule has 2 rings (SSSR count). The summed E-state index contributed by atoms with van der Waals surface area (Å²) in [5.41, 5.74) is 7.33. The molecule has 0 fully saturated rings. The molecule has 1 aromatic heterocycles. The maximum Gasteiger partial charge on any atom is 0.272 e. The molecule has 0 aliphatic rings. The number of nitro benzene ring substituents is 1. The summed E-state index contributed by atoms with van der Waals surface area (Å²) < 4.78 is 5.64. The zero-order valence-electron chi connectivity index (χ0n) is 11.9. The van der Waals surface area contributed by atoms with Gasteiger partial charge in [-0.2, -0.15) is 0 Å². The molecule has 0 aliphatic carbocycles. The molecular formula is C15H17N3O3. The minimum atomic E-state index is -0.415. The van der Waals surface area contributed by atoms with Crippen LogP contribution in [0.1, 0.15) is 30.6 Å². The van der Waals surface area contributed by atoms with E-state index in [0.29, 0.717) is 17.1 Å². The van der Waals surface area contributed by atoms with Crippen LogP contribution in [0.4, 0.5) is 5.69 Å². The first-order valence-electron chi connectivity index (χ1n) is 6.65. The summed E-state index contributed by atoms with van der Waals surface area (Å²) in [4.78, 5) is 14.6. The number of nitro groups is 1. The van der Waals surface area contributed by atoms with E-state index in [-0.39, 0.29) is 11.7 Å². The standard InChI is InChI=1S/C15H17N3O3/c1-3-13(16)14-6-4-12(9-17-14)21-11-5-7-15(18(19)20)10(2)8-11/h4-9,13H,3,16H2,1-2H3/t13-/m0/s1. The van der Waals surface area contributed by atoms with Gasteiger partial charge < -0.3 is 10.5 Å². The third-order valence-corrected chi connectivity index (χ3v) is 3.18. The van der Waals surface area contributed by atoms with Crippen LogP contribution in [0.5, 0.6) is 11.5 Å². The molecule has 110 valence electrons. The molecule has 0 saturated heterocycles. The molecule has 2 N–H and O–H groups in total. The summed E-state index contributed by atoms with van der Waals surface area (Å²) >= 11 is 0. The van der Waals surface area contributed by atoms with E-state index in [9.17, 15) is 10.1 Å². The van der Waals surface area contributed by atoms with Crippen molar-refractivity contribution in [2.24, 2.45) is 5.73 Å². The molecule has 1 atom stereocenters. The SMILES string of the molecule is CC[C@H](N)c1ccc(Oc2ccc([N+](=O)[O-])c(C)c2)cn1. The van der Waals surface area contributed by atoms with Crippen LogP contribution in [0.3, 0.4) is 0 Å². The highest BCUT2D eigenvalue weighted by Crippen LogP contribution is 2.27. The number of pyridine rings is 1. The lowest BCUT2D eigenvalue weighted by Gasteiger charge is -2.10. The van der Waals surface area contributed by atoms with Crippen molar-refractivity contribution >= 4 is 5.69 Å². The third kappa shape index (κ3) is 3.55. The van der Waals surface area contributed by atoms with Crippen molar-refractivity contribution in [2.45, 2.75) is 26.3 Å². The van der Waals surface area contributed by atoms with Crippen molar-refractivity contribution in [1.82, 2.24) is 4.98 Å². The predicted octanol–water partition coefficient (Wildman–Crippen LogP) is 3.50. The van der Waals surface area contributed by atoms with E-state index in [1.54, 1.807) is 31.3 Å². The lowest BCUT2D eigenvalue weighted by Crippen LogP contribution is -2.10. The first kappa shape index (κ1) is 14.9. The number of ether oxygens (including phenoxy) is 1. The van der Waals surface area contributed by atoms with Crippen LogP contribution in [-0.2, 0) is 0 Å². The Balaban J connectivity index is 2.15. The molecule has 0 amide bonds. The van der Waals surface area contributed by atoms with Gasteiger partial charge in [0.1, 0.15) is 11.5 Å². The Hall–Kier alpha value is -2.47. The second-order valence-electron chi connectivity index (χ2n) is 4.74. The van der Waals surface area contributed by atoms with Gasteiger partial charge in [-0.05, 0) is 37.6 Å². The first-order chi connectivity index (χ1) is 10.0.